The predicted octanol–water partition coefficient (Wildman–Crippen LogP) is 6.03. The molecule has 1 aliphatic carbocycles. The molecular formula is C33H40ClN3O5S. The minimum Gasteiger partial charge on any atom is -0.497 e. The maximum absolute atomic E-state index is 14.3. The number of ether oxygens (including phenoxy) is 1. The fraction of sp³-hybridized carbons (Fsp3) is 0.394. The van der Waals surface area contributed by atoms with Crippen LogP contribution in [0.2, 0.25) is 5.02 Å². The zero-order valence-electron chi connectivity index (χ0n) is 25.2. The zero-order chi connectivity index (χ0) is 31.1. The highest BCUT2D eigenvalue weighted by atomic mass is 35.5. The van der Waals surface area contributed by atoms with Gasteiger partial charge in [0, 0.05) is 17.6 Å². The summed E-state index contributed by atoms with van der Waals surface area (Å²) in [7, 11) is -2.59. The van der Waals surface area contributed by atoms with Gasteiger partial charge in [-0.1, -0.05) is 49.6 Å². The Hall–Kier alpha value is -3.56. The van der Waals surface area contributed by atoms with Gasteiger partial charge in [0.1, 0.15) is 18.3 Å². The number of benzene rings is 3. The Bertz CT molecular complexity index is 1520. The van der Waals surface area contributed by atoms with E-state index < -0.39 is 28.5 Å². The molecule has 230 valence electrons. The number of carbonyl (C=O) groups is 2. The molecule has 1 fully saturated rings. The number of nitrogens with zero attached hydrogens (tertiary/aromatic N) is 2. The number of rotatable bonds is 12. The Morgan fingerprint density at radius 3 is 2.21 bits per heavy atom. The number of anilines is 1. The molecule has 0 aromatic heterocycles. The summed E-state index contributed by atoms with van der Waals surface area (Å²) in [6.07, 6.45) is 4.31. The van der Waals surface area contributed by atoms with Crippen LogP contribution >= 0.6 is 11.6 Å². The van der Waals surface area contributed by atoms with Gasteiger partial charge < -0.3 is 15.0 Å². The third-order valence-corrected chi connectivity index (χ3v) is 10.1. The second-order valence-corrected chi connectivity index (χ2v) is 13.3. The summed E-state index contributed by atoms with van der Waals surface area (Å²) in [4.78, 5) is 29.4. The lowest BCUT2D eigenvalue weighted by atomic mass is 10.1. The molecule has 43 heavy (non-hydrogen) atoms. The summed E-state index contributed by atoms with van der Waals surface area (Å²) < 4.78 is 34.5. The first-order valence-electron chi connectivity index (χ1n) is 14.6. The van der Waals surface area contributed by atoms with Gasteiger partial charge in [-0.25, -0.2) is 8.42 Å². The highest BCUT2D eigenvalue weighted by Gasteiger charge is 2.34. The summed E-state index contributed by atoms with van der Waals surface area (Å²) in [5, 5.41) is 3.53. The van der Waals surface area contributed by atoms with Crippen LogP contribution in [-0.4, -0.2) is 50.9 Å². The van der Waals surface area contributed by atoms with Gasteiger partial charge in [-0.15, -0.1) is 0 Å². The summed E-state index contributed by atoms with van der Waals surface area (Å²) in [6.45, 7) is 5.33. The minimum absolute atomic E-state index is 0.00986. The SMILES string of the molecule is CCC(C(=O)NC1CCCC1)N(Cc1ccc(OC)cc1)C(=O)CN(c1ccc(C)c(C)c1)S(=O)(=O)c1ccc(Cl)cc1. The smallest absolute Gasteiger partial charge is 0.264 e. The molecule has 1 unspecified atom stereocenters. The normalized spacial score (nSPS) is 14.3. The second kappa shape index (κ2) is 14.3. The van der Waals surface area contributed by atoms with Crippen molar-refractivity contribution in [3.8, 4) is 5.75 Å². The van der Waals surface area contributed by atoms with Crippen LogP contribution in [0.25, 0.3) is 0 Å². The molecule has 10 heteroatoms. The quantitative estimate of drug-likeness (QED) is 0.265. The number of amides is 2. The van der Waals surface area contributed by atoms with Crippen LogP contribution in [0.15, 0.2) is 71.6 Å². The molecule has 3 aromatic rings. The van der Waals surface area contributed by atoms with Crippen molar-refractivity contribution in [2.24, 2.45) is 0 Å². The van der Waals surface area contributed by atoms with E-state index in [1.807, 2.05) is 39.0 Å². The lowest BCUT2D eigenvalue weighted by Gasteiger charge is -2.34. The van der Waals surface area contributed by atoms with Crippen molar-refractivity contribution in [3.63, 3.8) is 0 Å². The monoisotopic (exact) mass is 625 g/mol. The molecule has 8 nitrogen and oxygen atoms in total. The van der Waals surface area contributed by atoms with Crippen LogP contribution in [0.4, 0.5) is 5.69 Å². The maximum Gasteiger partial charge on any atom is 0.264 e. The molecule has 1 aliphatic rings. The van der Waals surface area contributed by atoms with Gasteiger partial charge in [0.15, 0.2) is 0 Å². The van der Waals surface area contributed by atoms with E-state index in [-0.39, 0.29) is 23.4 Å². The van der Waals surface area contributed by atoms with E-state index in [2.05, 4.69) is 5.32 Å². The van der Waals surface area contributed by atoms with Crippen LogP contribution in [0, 0.1) is 13.8 Å². The van der Waals surface area contributed by atoms with Crippen molar-refractivity contribution in [2.45, 2.75) is 76.4 Å². The third kappa shape index (κ3) is 7.89. The van der Waals surface area contributed by atoms with Gasteiger partial charge in [0.05, 0.1) is 17.7 Å². The molecule has 0 spiro atoms. The van der Waals surface area contributed by atoms with Crippen molar-refractivity contribution < 1.29 is 22.7 Å². The molecule has 0 radical (unpaired) electrons. The topological polar surface area (TPSA) is 96.0 Å². The molecule has 0 saturated heterocycles. The standard InChI is InChI=1S/C33H40ClN3O5S/c1-5-31(33(39)35-27-8-6-7-9-27)36(21-25-11-16-29(42-4)17-12-25)32(38)22-37(28-15-10-23(2)24(3)20-28)43(40,41)30-18-13-26(34)14-19-30/h10-20,27,31H,5-9,21-22H2,1-4H3,(H,35,39). The van der Waals surface area contributed by atoms with Crippen LogP contribution in [0.5, 0.6) is 5.75 Å². The Kier molecular flexibility index (Phi) is 10.7. The van der Waals surface area contributed by atoms with E-state index in [0.717, 1.165) is 46.7 Å². The Morgan fingerprint density at radius 1 is 0.977 bits per heavy atom. The predicted molar refractivity (Wildman–Crippen MR) is 170 cm³/mol. The molecule has 1 N–H and O–H groups in total. The average Bonchev–Trinajstić information content (AvgIpc) is 3.50. The van der Waals surface area contributed by atoms with Gasteiger partial charge in [0.2, 0.25) is 11.8 Å². The first-order chi connectivity index (χ1) is 20.5. The molecule has 4 rings (SSSR count). The van der Waals surface area contributed by atoms with Crippen molar-refractivity contribution in [1.82, 2.24) is 10.2 Å². The Morgan fingerprint density at radius 2 is 1.63 bits per heavy atom. The van der Waals surface area contributed by atoms with Crippen LogP contribution in [-0.2, 0) is 26.2 Å². The number of hydrogen-bond donors (Lipinski definition) is 1. The van der Waals surface area contributed by atoms with E-state index in [4.69, 9.17) is 16.3 Å². The lowest BCUT2D eigenvalue weighted by molar-refractivity contribution is -0.140. The van der Waals surface area contributed by atoms with Crippen molar-refractivity contribution in [2.75, 3.05) is 18.0 Å². The van der Waals surface area contributed by atoms with Crippen molar-refractivity contribution >= 4 is 39.1 Å². The molecule has 0 aliphatic heterocycles. The zero-order valence-corrected chi connectivity index (χ0v) is 26.7. The number of sulfonamides is 1. The summed E-state index contributed by atoms with van der Waals surface area (Å²) >= 11 is 6.04. The maximum atomic E-state index is 14.3. The van der Waals surface area contributed by atoms with E-state index in [9.17, 15) is 18.0 Å². The number of methoxy groups -OCH3 is 1. The van der Waals surface area contributed by atoms with Crippen LogP contribution < -0.4 is 14.4 Å². The van der Waals surface area contributed by atoms with E-state index in [1.165, 1.54) is 29.2 Å². The Labute approximate surface area is 260 Å². The number of carbonyl (C=O) groups excluding carboxylic acids is 2. The molecule has 1 atom stereocenters. The first-order valence-corrected chi connectivity index (χ1v) is 16.4. The summed E-state index contributed by atoms with van der Waals surface area (Å²) in [6, 6.07) is 17.7. The number of nitrogens with one attached hydrogen (secondary N) is 1. The van der Waals surface area contributed by atoms with E-state index in [0.29, 0.717) is 22.9 Å². The molecule has 2 amide bonds. The van der Waals surface area contributed by atoms with Gasteiger partial charge in [-0.05, 0) is 98.3 Å². The van der Waals surface area contributed by atoms with E-state index >= 15 is 0 Å². The molecular weight excluding hydrogens is 586 g/mol. The van der Waals surface area contributed by atoms with Crippen molar-refractivity contribution in [3.05, 3.63) is 88.4 Å². The number of halogens is 1. The summed E-state index contributed by atoms with van der Waals surface area (Å²) in [5.74, 6) is -0.0443. The lowest BCUT2D eigenvalue weighted by Crippen LogP contribution is -2.53. The van der Waals surface area contributed by atoms with Gasteiger partial charge in [0.25, 0.3) is 10.0 Å². The van der Waals surface area contributed by atoms with Gasteiger partial charge in [-0.2, -0.15) is 0 Å². The van der Waals surface area contributed by atoms with Crippen molar-refractivity contribution in [1.29, 1.82) is 0 Å². The molecule has 3 aromatic carbocycles. The van der Waals surface area contributed by atoms with E-state index in [1.54, 1.807) is 31.4 Å². The van der Waals surface area contributed by atoms with Gasteiger partial charge in [-0.3, -0.25) is 13.9 Å². The highest BCUT2D eigenvalue weighted by Crippen LogP contribution is 2.28. The number of hydrogen-bond acceptors (Lipinski definition) is 5. The molecule has 0 heterocycles. The summed E-state index contributed by atoms with van der Waals surface area (Å²) in [5.41, 5.74) is 3.03. The first kappa shape index (κ1) is 32.4. The Balaban J connectivity index is 1.73. The molecule has 1 saturated carbocycles. The largest absolute Gasteiger partial charge is 0.497 e. The fourth-order valence-corrected chi connectivity index (χ4v) is 6.89. The van der Waals surface area contributed by atoms with Crippen LogP contribution in [0.1, 0.15) is 55.7 Å². The third-order valence-electron chi connectivity index (χ3n) is 8.06. The number of aryl methyl sites for hydroxylation is 2. The minimum atomic E-state index is -4.17. The highest BCUT2D eigenvalue weighted by molar-refractivity contribution is 7.92. The fourth-order valence-electron chi connectivity index (χ4n) is 5.36. The van der Waals surface area contributed by atoms with Crippen LogP contribution in [0.3, 0.4) is 0 Å². The second-order valence-electron chi connectivity index (χ2n) is 11.0. The molecule has 0 bridgehead atoms. The van der Waals surface area contributed by atoms with Gasteiger partial charge >= 0.3 is 0 Å². The average molecular weight is 626 g/mol.